The van der Waals surface area contributed by atoms with E-state index >= 15 is 0 Å². The maximum absolute atomic E-state index is 5.84. The lowest BCUT2D eigenvalue weighted by molar-refractivity contribution is 0.235. The third kappa shape index (κ3) is 3.76. The second kappa shape index (κ2) is 6.47. The van der Waals surface area contributed by atoms with Crippen molar-refractivity contribution in [3.8, 4) is 0 Å². The molecule has 1 heterocycles. The molecular formula is C13H23N3S. The van der Waals surface area contributed by atoms with E-state index in [1.54, 1.807) is 11.3 Å². The molecule has 0 saturated heterocycles. The van der Waals surface area contributed by atoms with Crippen molar-refractivity contribution in [3.05, 3.63) is 16.1 Å². The minimum atomic E-state index is 0.731. The zero-order chi connectivity index (χ0) is 12.1. The largest absolute Gasteiger partial charge is 0.330 e. The molecule has 1 fully saturated rings. The van der Waals surface area contributed by atoms with Gasteiger partial charge < -0.3 is 11.1 Å². The first kappa shape index (κ1) is 13.0. The van der Waals surface area contributed by atoms with Gasteiger partial charge in [0.2, 0.25) is 0 Å². The van der Waals surface area contributed by atoms with Gasteiger partial charge in [0, 0.05) is 17.6 Å². The molecule has 0 amide bonds. The molecule has 1 aromatic heterocycles. The number of hydrogen-bond donors (Lipinski definition) is 2. The average Bonchev–Trinajstić information content (AvgIpc) is 2.76. The second-order valence-corrected chi connectivity index (χ2v) is 6.00. The Morgan fingerprint density at radius 1 is 1.41 bits per heavy atom. The molecule has 0 spiro atoms. The van der Waals surface area contributed by atoms with Gasteiger partial charge in [0.15, 0.2) is 0 Å². The maximum Gasteiger partial charge on any atom is 0.107 e. The van der Waals surface area contributed by atoms with Crippen LogP contribution >= 0.6 is 11.3 Å². The van der Waals surface area contributed by atoms with Crippen molar-refractivity contribution >= 4 is 11.3 Å². The van der Waals surface area contributed by atoms with Crippen LogP contribution in [0.2, 0.25) is 0 Å². The quantitative estimate of drug-likeness (QED) is 0.846. The van der Waals surface area contributed by atoms with E-state index in [0.717, 1.165) is 37.2 Å². The molecule has 1 aliphatic rings. The van der Waals surface area contributed by atoms with Crippen LogP contribution in [0.15, 0.2) is 5.38 Å². The molecule has 17 heavy (non-hydrogen) atoms. The van der Waals surface area contributed by atoms with Gasteiger partial charge in [-0.1, -0.05) is 12.8 Å². The zero-order valence-electron chi connectivity index (χ0n) is 10.6. The number of nitrogens with one attached hydrogen (secondary N) is 1. The van der Waals surface area contributed by atoms with Gasteiger partial charge in [0.1, 0.15) is 5.01 Å². The van der Waals surface area contributed by atoms with Crippen molar-refractivity contribution in [2.75, 3.05) is 13.1 Å². The summed E-state index contributed by atoms with van der Waals surface area (Å²) in [6.45, 7) is 4.90. The van der Waals surface area contributed by atoms with Gasteiger partial charge in [0.25, 0.3) is 0 Å². The molecule has 2 atom stereocenters. The van der Waals surface area contributed by atoms with Crippen molar-refractivity contribution in [2.24, 2.45) is 17.6 Å². The summed E-state index contributed by atoms with van der Waals surface area (Å²) in [4.78, 5) is 4.46. The summed E-state index contributed by atoms with van der Waals surface area (Å²) >= 11 is 1.74. The fraction of sp³-hybridized carbons (Fsp3) is 0.769. The lowest BCUT2D eigenvalue weighted by Gasteiger charge is -2.30. The Bertz CT molecular complexity index is 337. The van der Waals surface area contributed by atoms with Gasteiger partial charge in [-0.25, -0.2) is 4.98 Å². The lowest BCUT2D eigenvalue weighted by atomic mass is 9.79. The normalized spacial score (nSPS) is 25.1. The van der Waals surface area contributed by atoms with Crippen molar-refractivity contribution in [1.82, 2.24) is 10.3 Å². The summed E-state index contributed by atoms with van der Waals surface area (Å²) in [7, 11) is 0. The van der Waals surface area contributed by atoms with Gasteiger partial charge in [-0.2, -0.15) is 0 Å². The van der Waals surface area contributed by atoms with Crippen LogP contribution in [0.25, 0.3) is 0 Å². The van der Waals surface area contributed by atoms with Crippen molar-refractivity contribution in [1.29, 1.82) is 0 Å². The van der Waals surface area contributed by atoms with E-state index in [-0.39, 0.29) is 0 Å². The number of rotatable bonds is 5. The summed E-state index contributed by atoms with van der Waals surface area (Å²) < 4.78 is 0. The number of hydrogen-bond acceptors (Lipinski definition) is 4. The predicted octanol–water partition coefficient (Wildman–Crippen LogP) is 2.31. The zero-order valence-corrected chi connectivity index (χ0v) is 11.4. The molecule has 96 valence electrons. The van der Waals surface area contributed by atoms with Gasteiger partial charge in [-0.05, 0) is 44.7 Å². The Morgan fingerprint density at radius 2 is 2.18 bits per heavy atom. The summed E-state index contributed by atoms with van der Waals surface area (Å²) in [5.74, 6) is 1.50. The maximum atomic E-state index is 5.84. The Labute approximate surface area is 108 Å². The van der Waals surface area contributed by atoms with Crippen LogP contribution in [-0.2, 0) is 6.54 Å². The Hall–Kier alpha value is -0.450. The third-order valence-corrected chi connectivity index (χ3v) is 4.69. The topological polar surface area (TPSA) is 50.9 Å². The van der Waals surface area contributed by atoms with Crippen LogP contribution in [0.3, 0.4) is 0 Å². The third-order valence-electron chi connectivity index (χ3n) is 3.72. The van der Waals surface area contributed by atoms with Crippen LogP contribution in [-0.4, -0.2) is 18.1 Å². The van der Waals surface area contributed by atoms with Crippen LogP contribution in [0.1, 0.15) is 36.4 Å². The highest BCUT2D eigenvalue weighted by molar-refractivity contribution is 7.09. The number of aromatic nitrogens is 1. The molecule has 1 aliphatic carbocycles. The Kier molecular flexibility index (Phi) is 4.95. The monoisotopic (exact) mass is 253 g/mol. The number of nitrogens with two attached hydrogens (primary N) is 1. The second-order valence-electron chi connectivity index (χ2n) is 5.05. The van der Waals surface area contributed by atoms with Gasteiger partial charge in [-0.15, -0.1) is 11.3 Å². The van der Waals surface area contributed by atoms with Crippen LogP contribution in [0, 0.1) is 18.8 Å². The van der Waals surface area contributed by atoms with Crippen molar-refractivity contribution in [3.63, 3.8) is 0 Å². The summed E-state index contributed by atoms with van der Waals surface area (Å²) in [6.07, 6.45) is 5.40. The fourth-order valence-corrected chi connectivity index (χ4v) is 3.45. The van der Waals surface area contributed by atoms with Gasteiger partial charge >= 0.3 is 0 Å². The van der Waals surface area contributed by atoms with Crippen LogP contribution < -0.4 is 11.1 Å². The van der Waals surface area contributed by atoms with E-state index in [1.165, 1.54) is 30.7 Å². The molecule has 0 radical (unpaired) electrons. The molecule has 3 N–H and O–H groups in total. The molecule has 1 saturated carbocycles. The van der Waals surface area contributed by atoms with Crippen LogP contribution in [0.4, 0.5) is 0 Å². The summed E-state index contributed by atoms with van der Waals surface area (Å²) in [5.41, 5.74) is 6.97. The lowest BCUT2D eigenvalue weighted by Crippen LogP contribution is -2.34. The van der Waals surface area contributed by atoms with E-state index in [2.05, 4.69) is 15.7 Å². The van der Waals surface area contributed by atoms with Crippen LogP contribution in [0.5, 0.6) is 0 Å². The molecule has 0 aromatic carbocycles. The highest BCUT2D eigenvalue weighted by atomic mass is 32.1. The smallest absolute Gasteiger partial charge is 0.107 e. The predicted molar refractivity (Wildman–Crippen MR) is 73.1 cm³/mol. The van der Waals surface area contributed by atoms with Gasteiger partial charge in [-0.3, -0.25) is 0 Å². The number of nitrogens with zero attached hydrogens (tertiary/aromatic N) is 1. The summed E-state index contributed by atoms with van der Waals surface area (Å²) in [6, 6.07) is 0. The molecule has 0 bridgehead atoms. The molecule has 2 unspecified atom stereocenters. The molecule has 2 rings (SSSR count). The molecular weight excluding hydrogens is 230 g/mol. The van der Waals surface area contributed by atoms with Gasteiger partial charge in [0.05, 0.1) is 0 Å². The van der Waals surface area contributed by atoms with Crippen molar-refractivity contribution < 1.29 is 0 Å². The van der Waals surface area contributed by atoms with E-state index < -0.39 is 0 Å². The molecule has 1 aromatic rings. The first-order valence-corrected chi connectivity index (χ1v) is 7.49. The van der Waals surface area contributed by atoms with E-state index in [1.807, 2.05) is 6.92 Å². The van der Waals surface area contributed by atoms with Crippen molar-refractivity contribution in [2.45, 2.75) is 39.2 Å². The Morgan fingerprint density at radius 3 is 2.82 bits per heavy atom. The molecule has 3 nitrogen and oxygen atoms in total. The highest BCUT2D eigenvalue weighted by Crippen LogP contribution is 2.28. The first-order chi connectivity index (χ1) is 8.29. The first-order valence-electron chi connectivity index (χ1n) is 6.61. The van der Waals surface area contributed by atoms with E-state index in [0.29, 0.717) is 0 Å². The summed E-state index contributed by atoms with van der Waals surface area (Å²) in [5, 5.41) is 6.85. The molecule has 4 heteroatoms. The van der Waals surface area contributed by atoms with E-state index in [4.69, 9.17) is 5.73 Å². The minimum absolute atomic E-state index is 0.731. The Balaban J connectivity index is 1.73. The highest BCUT2D eigenvalue weighted by Gasteiger charge is 2.23. The number of thiazole rings is 1. The minimum Gasteiger partial charge on any atom is -0.330 e. The SMILES string of the molecule is Cc1csc(CNCC2CCCCC2CN)n1. The average molecular weight is 253 g/mol. The number of aryl methyl sites for hydroxylation is 1. The molecule has 0 aliphatic heterocycles. The standard InChI is InChI=1S/C13H23N3S/c1-10-9-17-13(16-10)8-15-7-12-5-3-2-4-11(12)6-14/h9,11-12,15H,2-8,14H2,1H3. The fourth-order valence-electron chi connectivity index (χ4n) is 2.71. The van der Waals surface area contributed by atoms with E-state index in [9.17, 15) is 0 Å².